The van der Waals surface area contributed by atoms with E-state index in [1.807, 2.05) is 0 Å². The van der Waals surface area contributed by atoms with E-state index in [0.29, 0.717) is 6.42 Å². The Balaban J connectivity index is 3.31. The molecule has 0 rings (SSSR count). The van der Waals surface area contributed by atoms with Crippen molar-refractivity contribution in [3.63, 3.8) is 0 Å². The third kappa shape index (κ3) is 9.30. The van der Waals surface area contributed by atoms with Crippen LogP contribution in [0.2, 0.25) is 0 Å². The topological polar surface area (TPSA) is 40.1 Å². The Morgan fingerprint density at radius 1 is 1.14 bits per heavy atom. The van der Waals surface area contributed by atoms with E-state index in [-0.39, 0.29) is 11.5 Å². The van der Waals surface area contributed by atoms with Crippen LogP contribution in [0.25, 0.3) is 0 Å². The summed E-state index contributed by atoms with van der Waals surface area (Å²) in [5, 5.41) is 11.1. The van der Waals surface area contributed by atoms with E-state index in [2.05, 4.69) is 6.92 Å². The molecule has 0 N–H and O–H groups in total. The van der Waals surface area contributed by atoms with E-state index >= 15 is 0 Å². The SMILES string of the molecule is CCCCCCCCC([O-])=CC(C)=O. The minimum absolute atomic E-state index is 0.0204. The first kappa shape index (κ1) is 13.2. The van der Waals surface area contributed by atoms with E-state index in [4.69, 9.17) is 0 Å². The molecule has 0 aromatic carbocycles. The monoisotopic (exact) mass is 197 g/mol. The molecular weight excluding hydrogens is 176 g/mol. The maximum Gasteiger partial charge on any atom is 0.151 e. The third-order valence-electron chi connectivity index (χ3n) is 2.14. The lowest BCUT2D eigenvalue weighted by atomic mass is 10.1. The van der Waals surface area contributed by atoms with Crippen LogP contribution in [0.5, 0.6) is 0 Å². The summed E-state index contributed by atoms with van der Waals surface area (Å²) in [6, 6.07) is 0. The van der Waals surface area contributed by atoms with Crippen LogP contribution in [-0.4, -0.2) is 5.78 Å². The molecule has 2 nitrogen and oxygen atoms in total. The van der Waals surface area contributed by atoms with E-state index in [1.54, 1.807) is 0 Å². The second kappa shape index (κ2) is 8.79. The fraction of sp³-hybridized carbons (Fsp3) is 0.750. The number of carbonyl (C=O) groups excluding carboxylic acids is 1. The highest BCUT2D eigenvalue weighted by molar-refractivity contribution is 5.87. The molecule has 2 heteroatoms. The fourth-order valence-corrected chi connectivity index (χ4v) is 1.38. The van der Waals surface area contributed by atoms with Crippen molar-refractivity contribution in [1.82, 2.24) is 0 Å². The van der Waals surface area contributed by atoms with Crippen LogP contribution in [0.15, 0.2) is 11.8 Å². The van der Waals surface area contributed by atoms with Gasteiger partial charge >= 0.3 is 0 Å². The summed E-state index contributed by atoms with van der Waals surface area (Å²) in [6.45, 7) is 3.60. The summed E-state index contributed by atoms with van der Waals surface area (Å²) in [6.07, 6.45) is 8.77. The van der Waals surface area contributed by atoms with Gasteiger partial charge in [-0.15, -0.1) is 5.76 Å². The van der Waals surface area contributed by atoms with Crippen molar-refractivity contribution in [3.8, 4) is 0 Å². The van der Waals surface area contributed by atoms with E-state index in [0.717, 1.165) is 12.8 Å². The molecule has 0 saturated carbocycles. The van der Waals surface area contributed by atoms with Gasteiger partial charge in [0, 0.05) is 0 Å². The summed E-state index contributed by atoms with van der Waals surface area (Å²) < 4.78 is 0. The minimum Gasteiger partial charge on any atom is -0.875 e. The zero-order valence-electron chi connectivity index (χ0n) is 9.34. The molecule has 0 aliphatic carbocycles. The summed E-state index contributed by atoms with van der Waals surface area (Å²) in [5.74, 6) is -0.158. The quantitative estimate of drug-likeness (QED) is 0.341. The fourth-order valence-electron chi connectivity index (χ4n) is 1.38. The number of ketones is 1. The van der Waals surface area contributed by atoms with Crippen molar-refractivity contribution < 1.29 is 9.90 Å². The lowest BCUT2D eigenvalue weighted by molar-refractivity contribution is -0.306. The highest BCUT2D eigenvalue weighted by Gasteiger charge is 1.90. The van der Waals surface area contributed by atoms with Crippen LogP contribution in [0, 0.1) is 0 Å². The molecule has 0 aromatic heterocycles. The summed E-state index contributed by atoms with van der Waals surface area (Å²) >= 11 is 0. The average molecular weight is 197 g/mol. The predicted molar refractivity (Wildman–Crippen MR) is 56.8 cm³/mol. The number of rotatable bonds is 8. The Bertz CT molecular complexity index is 183. The van der Waals surface area contributed by atoms with Crippen molar-refractivity contribution in [2.24, 2.45) is 0 Å². The molecule has 0 fully saturated rings. The molecule has 0 spiro atoms. The molecule has 0 radical (unpaired) electrons. The van der Waals surface area contributed by atoms with Crippen LogP contribution in [0.4, 0.5) is 0 Å². The zero-order chi connectivity index (χ0) is 10.8. The Labute approximate surface area is 87.0 Å². The molecule has 0 unspecified atom stereocenters. The normalized spacial score (nSPS) is 11.7. The lowest BCUT2D eigenvalue weighted by Crippen LogP contribution is -2.05. The van der Waals surface area contributed by atoms with Crippen LogP contribution in [-0.2, 0) is 4.79 Å². The standard InChI is InChI=1S/C12H22O2/c1-3-4-5-6-7-8-9-12(14)10-11(2)13/h10,14H,3-9H2,1-2H3/p-1. The van der Waals surface area contributed by atoms with Crippen LogP contribution in [0.1, 0.15) is 58.8 Å². The van der Waals surface area contributed by atoms with E-state index < -0.39 is 0 Å². The second-order valence-corrected chi connectivity index (χ2v) is 3.74. The molecule has 0 saturated heterocycles. The highest BCUT2D eigenvalue weighted by atomic mass is 16.3. The maximum absolute atomic E-state index is 11.1. The first-order valence-corrected chi connectivity index (χ1v) is 5.55. The van der Waals surface area contributed by atoms with E-state index in [9.17, 15) is 9.90 Å². The van der Waals surface area contributed by atoms with Crippen LogP contribution < -0.4 is 5.11 Å². The van der Waals surface area contributed by atoms with Gasteiger partial charge in [0.25, 0.3) is 0 Å². The van der Waals surface area contributed by atoms with Gasteiger partial charge in [0.15, 0.2) is 5.78 Å². The van der Waals surface area contributed by atoms with Crippen LogP contribution in [0.3, 0.4) is 0 Å². The Morgan fingerprint density at radius 3 is 2.29 bits per heavy atom. The maximum atomic E-state index is 11.1. The summed E-state index contributed by atoms with van der Waals surface area (Å²) in [7, 11) is 0. The van der Waals surface area contributed by atoms with E-state index in [1.165, 1.54) is 38.7 Å². The first-order valence-electron chi connectivity index (χ1n) is 5.55. The predicted octanol–water partition coefficient (Wildman–Crippen LogP) is 2.57. The van der Waals surface area contributed by atoms with Crippen LogP contribution >= 0.6 is 0 Å². The first-order chi connectivity index (χ1) is 6.66. The van der Waals surface area contributed by atoms with Gasteiger partial charge in [-0.2, -0.15) is 0 Å². The molecule has 0 aromatic rings. The van der Waals surface area contributed by atoms with Crippen molar-refractivity contribution in [1.29, 1.82) is 0 Å². The van der Waals surface area contributed by atoms with Gasteiger partial charge in [-0.1, -0.05) is 45.4 Å². The van der Waals surface area contributed by atoms with Gasteiger partial charge in [-0.05, 0) is 19.4 Å². The molecule has 14 heavy (non-hydrogen) atoms. The number of allylic oxidation sites excluding steroid dienone is 2. The molecule has 0 heterocycles. The number of carbonyl (C=O) groups is 1. The van der Waals surface area contributed by atoms with Gasteiger partial charge in [-0.3, -0.25) is 4.79 Å². The van der Waals surface area contributed by atoms with Gasteiger partial charge in [-0.25, -0.2) is 0 Å². The molecule has 0 aliphatic rings. The lowest BCUT2D eigenvalue weighted by Gasteiger charge is -2.10. The molecule has 0 atom stereocenters. The van der Waals surface area contributed by atoms with Gasteiger partial charge in [0.1, 0.15) is 0 Å². The zero-order valence-corrected chi connectivity index (χ0v) is 9.34. The largest absolute Gasteiger partial charge is 0.875 e. The van der Waals surface area contributed by atoms with Gasteiger partial charge in [0.05, 0.1) is 0 Å². The number of unbranched alkanes of at least 4 members (excludes halogenated alkanes) is 5. The summed E-state index contributed by atoms with van der Waals surface area (Å²) in [5.41, 5.74) is 0. The van der Waals surface area contributed by atoms with Crippen molar-refractivity contribution in [2.75, 3.05) is 0 Å². The minimum atomic E-state index is -0.138. The molecule has 82 valence electrons. The average Bonchev–Trinajstić information content (AvgIpc) is 2.10. The molecule has 0 bridgehead atoms. The van der Waals surface area contributed by atoms with Crippen molar-refractivity contribution >= 4 is 5.78 Å². The molecular formula is C12H21O2-. The molecule has 0 aliphatic heterocycles. The summed E-state index contributed by atoms with van der Waals surface area (Å²) in [4.78, 5) is 10.6. The Hall–Kier alpha value is -0.790. The Morgan fingerprint density at radius 2 is 1.71 bits per heavy atom. The van der Waals surface area contributed by atoms with Crippen molar-refractivity contribution in [3.05, 3.63) is 11.8 Å². The Kier molecular flexibility index (Phi) is 8.30. The number of hydrogen-bond donors (Lipinski definition) is 0. The highest BCUT2D eigenvalue weighted by Crippen LogP contribution is 2.08. The molecule has 0 amide bonds. The smallest absolute Gasteiger partial charge is 0.151 e. The van der Waals surface area contributed by atoms with Crippen molar-refractivity contribution in [2.45, 2.75) is 58.8 Å². The second-order valence-electron chi connectivity index (χ2n) is 3.74. The van der Waals surface area contributed by atoms with Gasteiger partial charge in [0.2, 0.25) is 0 Å². The van der Waals surface area contributed by atoms with Gasteiger partial charge < -0.3 is 5.11 Å². The number of hydrogen-bond acceptors (Lipinski definition) is 2. The third-order valence-corrected chi connectivity index (χ3v) is 2.14.